The number of amides is 3. The summed E-state index contributed by atoms with van der Waals surface area (Å²) in [6.45, 7) is 5.53. The second-order valence-electron chi connectivity index (χ2n) is 8.24. The smallest absolute Gasteiger partial charge is 0.263 e. The Morgan fingerprint density at radius 3 is 1.97 bits per heavy atom. The lowest BCUT2D eigenvalue weighted by molar-refractivity contribution is -0.133. The molecule has 1 aliphatic rings. The molecule has 2 aromatic carbocycles. The van der Waals surface area contributed by atoms with Crippen LogP contribution in [0.15, 0.2) is 54.6 Å². The molecule has 2 aromatic rings. The van der Waals surface area contributed by atoms with Gasteiger partial charge in [0, 0.05) is 12.3 Å². The van der Waals surface area contributed by atoms with Gasteiger partial charge in [-0.15, -0.1) is 0 Å². The average molecular weight is 394 g/mol. The highest BCUT2D eigenvalue weighted by atomic mass is 16.5. The van der Waals surface area contributed by atoms with Gasteiger partial charge in [0.25, 0.3) is 11.8 Å². The first-order valence-corrected chi connectivity index (χ1v) is 9.65. The Morgan fingerprint density at radius 2 is 1.48 bits per heavy atom. The second kappa shape index (κ2) is 8.17. The van der Waals surface area contributed by atoms with Crippen LogP contribution >= 0.6 is 0 Å². The van der Waals surface area contributed by atoms with E-state index >= 15 is 0 Å². The van der Waals surface area contributed by atoms with Gasteiger partial charge in [-0.1, -0.05) is 42.5 Å². The van der Waals surface area contributed by atoms with Gasteiger partial charge < -0.3 is 10.5 Å². The first-order chi connectivity index (χ1) is 13.7. The van der Waals surface area contributed by atoms with Crippen LogP contribution in [-0.2, 0) is 16.0 Å². The van der Waals surface area contributed by atoms with Crippen molar-refractivity contribution >= 4 is 17.7 Å². The highest BCUT2D eigenvalue weighted by Gasteiger charge is 2.42. The van der Waals surface area contributed by atoms with Gasteiger partial charge >= 0.3 is 0 Å². The molecular weight excluding hydrogens is 368 g/mol. The van der Waals surface area contributed by atoms with E-state index in [4.69, 9.17) is 10.5 Å². The van der Waals surface area contributed by atoms with Gasteiger partial charge in [-0.3, -0.25) is 14.4 Å². The standard InChI is InChI=1S/C23H26N2O4/c1-23(2,3)29-19(14-16(20(24)26)13-15-9-5-4-6-10-15)25-21(27)17-11-7-8-12-18(17)22(25)28/h4-12,16,19H,13-14H2,1-3H3,(H2,24,26). The first kappa shape index (κ1) is 20.7. The molecule has 0 fully saturated rings. The van der Waals surface area contributed by atoms with E-state index in [0.29, 0.717) is 17.5 Å². The Labute approximate surface area is 170 Å². The molecule has 0 saturated carbocycles. The number of carbonyl (C=O) groups is 3. The fraction of sp³-hybridized carbons (Fsp3) is 0.348. The Hall–Kier alpha value is -2.99. The molecule has 2 N–H and O–H groups in total. The second-order valence-corrected chi connectivity index (χ2v) is 8.24. The zero-order chi connectivity index (χ0) is 21.2. The normalized spacial score (nSPS) is 15.9. The van der Waals surface area contributed by atoms with Crippen molar-refractivity contribution in [3.05, 3.63) is 71.3 Å². The third kappa shape index (κ3) is 4.71. The molecule has 0 aromatic heterocycles. The number of nitrogens with two attached hydrogens (primary N) is 1. The number of rotatable bonds is 7. The van der Waals surface area contributed by atoms with E-state index < -0.39 is 35.5 Å². The lowest BCUT2D eigenvalue weighted by Crippen LogP contribution is -2.47. The first-order valence-electron chi connectivity index (χ1n) is 9.65. The minimum atomic E-state index is -0.899. The summed E-state index contributed by atoms with van der Waals surface area (Å²) in [6.07, 6.45) is -0.361. The molecule has 0 aliphatic carbocycles. The molecule has 6 heteroatoms. The molecule has 152 valence electrons. The monoisotopic (exact) mass is 394 g/mol. The van der Waals surface area contributed by atoms with Crippen LogP contribution in [0.2, 0.25) is 0 Å². The molecule has 2 unspecified atom stereocenters. The fourth-order valence-corrected chi connectivity index (χ4v) is 3.53. The summed E-state index contributed by atoms with van der Waals surface area (Å²) in [5.74, 6) is -1.91. The molecule has 1 aliphatic heterocycles. The zero-order valence-electron chi connectivity index (χ0n) is 16.9. The van der Waals surface area contributed by atoms with Gasteiger partial charge in [-0.05, 0) is 44.9 Å². The van der Waals surface area contributed by atoms with Gasteiger partial charge in [0.05, 0.1) is 16.7 Å². The van der Waals surface area contributed by atoms with Crippen LogP contribution in [0.25, 0.3) is 0 Å². The van der Waals surface area contributed by atoms with E-state index in [0.717, 1.165) is 10.5 Å². The Balaban J connectivity index is 1.90. The molecule has 0 saturated heterocycles. The largest absolute Gasteiger partial charge is 0.369 e. The van der Waals surface area contributed by atoms with Gasteiger partial charge in [0.2, 0.25) is 5.91 Å². The van der Waals surface area contributed by atoms with Crippen LogP contribution in [0.5, 0.6) is 0 Å². The van der Waals surface area contributed by atoms with Crippen molar-refractivity contribution in [3.63, 3.8) is 0 Å². The summed E-state index contributed by atoms with van der Waals surface area (Å²) in [4.78, 5) is 39.2. The van der Waals surface area contributed by atoms with Crippen molar-refractivity contribution in [2.45, 2.75) is 45.4 Å². The number of benzene rings is 2. The molecular formula is C23H26N2O4. The molecule has 3 amide bonds. The van der Waals surface area contributed by atoms with Crippen molar-refractivity contribution in [3.8, 4) is 0 Å². The summed E-state index contributed by atoms with van der Waals surface area (Å²) >= 11 is 0. The maximum Gasteiger partial charge on any atom is 0.263 e. The zero-order valence-corrected chi connectivity index (χ0v) is 16.9. The molecule has 0 bridgehead atoms. The summed E-state index contributed by atoms with van der Waals surface area (Å²) in [6, 6.07) is 16.2. The highest BCUT2D eigenvalue weighted by Crippen LogP contribution is 2.30. The number of primary amides is 1. The average Bonchev–Trinajstić information content (AvgIpc) is 2.91. The number of ether oxygens (including phenoxy) is 1. The maximum atomic E-state index is 13.0. The minimum absolute atomic E-state index is 0.132. The van der Waals surface area contributed by atoms with Gasteiger partial charge in [-0.2, -0.15) is 0 Å². The number of imide groups is 1. The molecule has 29 heavy (non-hydrogen) atoms. The predicted molar refractivity (Wildman–Crippen MR) is 109 cm³/mol. The predicted octanol–water partition coefficient (Wildman–Crippen LogP) is 3.16. The van der Waals surface area contributed by atoms with E-state index in [9.17, 15) is 14.4 Å². The molecule has 1 heterocycles. The summed E-state index contributed by atoms with van der Waals surface area (Å²) in [7, 11) is 0. The van der Waals surface area contributed by atoms with E-state index in [2.05, 4.69) is 0 Å². The summed E-state index contributed by atoms with van der Waals surface area (Å²) < 4.78 is 6.09. The minimum Gasteiger partial charge on any atom is -0.369 e. The Bertz CT molecular complexity index is 883. The lowest BCUT2D eigenvalue weighted by atomic mass is 9.94. The van der Waals surface area contributed by atoms with Crippen molar-refractivity contribution in [2.24, 2.45) is 11.7 Å². The number of hydrogen-bond acceptors (Lipinski definition) is 4. The van der Waals surface area contributed by atoms with Crippen LogP contribution in [0.4, 0.5) is 0 Å². The van der Waals surface area contributed by atoms with Crippen LogP contribution in [0.3, 0.4) is 0 Å². The van der Waals surface area contributed by atoms with E-state index in [1.165, 1.54) is 0 Å². The van der Waals surface area contributed by atoms with Gasteiger partial charge in [0.15, 0.2) is 0 Å². The van der Waals surface area contributed by atoms with Crippen molar-refractivity contribution in [1.29, 1.82) is 0 Å². The van der Waals surface area contributed by atoms with Crippen LogP contribution in [-0.4, -0.2) is 34.5 Å². The van der Waals surface area contributed by atoms with Crippen LogP contribution in [0.1, 0.15) is 53.5 Å². The Kier molecular flexibility index (Phi) is 5.84. The summed E-state index contributed by atoms with van der Waals surface area (Å²) in [5, 5.41) is 0. The fourth-order valence-electron chi connectivity index (χ4n) is 3.53. The SMILES string of the molecule is CC(C)(C)OC(CC(Cc1ccccc1)C(N)=O)N1C(=O)c2ccccc2C1=O. The highest BCUT2D eigenvalue weighted by molar-refractivity contribution is 6.21. The lowest BCUT2D eigenvalue weighted by Gasteiger charge is -2.34. The number of fused-ring (bicyclic) bond motifs is 1. The van der Waals surface area contributed by atoms with E-state index in [1.54, 1.807) is 24.3 Å². The Morgan fingerprint density at radius 1 is 0.966 bits per heavy atom. The number of nitrogens with zero attached hydrogens (tertiary/aromatic N) is 1. The van der Waals surface area contributed by atoms with E-state index in [-0.39, 0.29) is 6.42 Å². The molecule has 3 rings (SSSR count). The number of hydrogen-bond donors (Lipinski definition) is 1. The molecule has 6 nitrogen and oxygen atoms in total. The molecule has 0 radical (unpaired) electrons. The van der Waals surface area contributed by atoms with Gasteiger partial charge in [0.1, 0.15) is 6.23 Å². The van der Waals surface area contributed by atoms with Gasteiger partial charge in [-0.25, -0.2) is 4.90 Å². The quantitative estimate of drug-likeness (QED) is 0.731. The van der Waals surface area contributed by atoms with Crippen molar-refractivity contribution in [1.82, 2.24) is 4.90 Å². The van der Waals surface area contributed by atoms with Crippen LogP contribution < -0.4 is 5.73 Å². The third-order valence-electron chi connectivity index (χ3n) is 4.82. The van der Waals surface area contributed by atoms with Crippen molar-refractivity contribution in [2.75, 3.05) is 0 Å². The molecule has 0 spiro atoms. The number of carbonyl (C=O) groups excluding carboxylic acids is 3. The van der Waals surface area contributed by atoms with E-state index in [1.807, 2.05) is 51.1 Å². The topological polar surface area (TPSA) is 89.7 Å². The maximum absolute atomic E-state index is 13.0. The van der Waals surface area contributed by atoms with Crippen LogP contribution in [0, 0.1) is 5.92 Å². The summed E-state index contributed by atoms with van der Waals surface area (Å²) in [5.41, 5.74) is 6.68. The third-order valence-corrected chi connectivity index (χ3v) is 4.82. The van der Waals surface area contributed by atoms with Crippen molar-refractivity contribution < 1.29 is 19.1 Å². The molecule has 2 atom stereocenters.